The summed E-state index contributed by atoms with van der Waals surface area (Å²) in [4.78, 5) is 27.2. The van der Waals surface area contributed by atoms with E-state index in [1.54, 1.807) is 31.2 Å². The molecule has 0 unspecified atom stereocenters. The highest BCUT2D eigenvalue weighted by Gasteiger charge is 2.09. The molecule has 110 valence electrons. The lowest BCUT2D eigenvalue weighted by molar-refractivity contribution is -0.116. The van der Waals surface area contributed by atoms with Gasteiger partial charge in [0.05, 0.1) is 12.2 Å². The van der Waals surface area contributed by atoms with Gasteiger partial charge in [0, 0.05) is 5.69 Å². The summed E-state index contributed by atoms with van der Waals surface area (Å²) >= 11 is 0. The summed E-state index contributed by atoms with van der Waals surface area (Å²) in [6.07, 6.45) is 1.37. The summed E-state index contributed by atoms with van der Waals surface area (Å²) in [6, 6.07) is 6.50. The number of hydrogen-bond donors (Lipinski definition) is 2. The van der Waals surface area contributed by atoms with E-state index < -0.39 is 5.97 Å². The van der Waals surface area contributed by atoms with Crippen molar-refractivity contribution in [2.45, 2.75) is 13.5 Å². The highest BCUT2D eigenvalue weighted by molar-refractivity contribution is 5.94. The molecule has 8 heteroatoms. The molecule has 0 aliphatic heterocycles. The lowest BCUT2D eigenvalue weighted by atomic mass is 10.2. The zero-order valence-corrected chi connectivity index (χ0v) is 11.4. The predicted octanol–water partition coefficient (Wildman–Crippen LogP) is 0.676. The molecule has 1 amide bonds. The first kappa shape index (κ1) is 14.5. The number of nitrogens with two attached hydrogens (primary N) is 1. The van der Waals surface area contributed by atoms with Crippen LogP contribution in [0.2, 0.25) is 0 Å². The normalized spacial score (nSPS) is 10.1. The monoisotopic (exact) mass is 289 g/mol. The standard InChI is InChI=1S/C13H15N5O3/c1-2-21-12(20)9-4-3-5-10(6-9)16-11(19)7-18-8-15-13(14)17-18/h3-6,8H,2,7H2,1H3,(H2,14,17)(H,16,19). The zero-order chi connectivity index (χ0) is 15.2. The van der Waals surface area contributed by atoms with Crippen LogP contribution in [0.5, 0.6) is 0 Å². The number of esters is 1. The predicted molar refractivity (Wildman–Crippen MR) is 75.5 cm³/mol. The highest BCUT2D eigenvalue weighted by Crippen LogP contribution is 2.12. The van der Waals surface area contributed by atoms with Crippen LogP contribution in [0.25, 0.3) is 0 Å². The minimum atomic E-state index is -0.433. The van der Waals surface area contributed by atoms with Gasteiger partial charge in [-0.3, -0.25) is 4.79 Å². The number of aromatic nitrogens is 3. The Morgan fingerprint density at radius 1 is 1.43 bits per heavy atom. The molecule has 3 N–H and O–H groups in total. The summed E-state index contributed by atoms with van der Waals surface area (Å²) in [6.45, 7) is 2.00. The minimum absolute atomic E-state index is 0.0200. The van der Waals surface area contributed by atoms with E-state index in [1.165, 1.54) is 11.0 Å². The van der Waals surface area contributed by atoms with Crippen molar-refractivity contribution in [1.29, 1.82) is 0 Å². The second-order valence-electron chi connectivity index (χ2n) is 4.15. The molecular weight excluding hydrogens is 274 g/mol. The van der Waals surface area contributed by atoms with E-state index in [-0.39, 0.29) is 18.4 Å². The van der Waals surface area contributed by atoms with Gasteiger partial charge in [-0.15, -0.1) is 5.10 Å². The Morgan fingerprint density at radius 3 is 2.90 bits per heavy atom. The molecule has 0 aliphatic rings. The van der Waals surface area contributed by atoms with Gasteiger partial charge in [-0.25, -0.2) is 14.5 Å². The van der Waals surface area contributed by atoms with Gasteiger partial charge in [0.2, 0.25) is 11.9 Å². The molecule has 0 saturated carbocycles. The summed E-state index contributed by atoms with van der Waals surface area (Å²) in [5.41, 5.74) is 6.24. The van der Waals surface area contributed by atoms with Crippen molar-refractivity contribution in [2.75, 3.05) is 17.7 Å². The van der Waals surface area contributed by atoms with Gasteiger partial charge in [0.1, 0.15) is 12.9 Å². The Hall–Kier alpha value is -2.90. The minimum Gasteiger partial charge on any atom is -0.462 e. The third-order valence-electron chi connectivity index (χ3n) is 2.52. The van der Waals surface area contributed by atoms with E-state index in [2.05, 4.69) is 15.4 Å². The third kappa shape index (κ3) is 4.03. The van der Waals surface area contributed by atoms with E-state index in [0.717, 1.165) is 0 Å². The molecule has 0 saturated heterocycles. The molecule has 0 atom stereocenters. The zero-order valence-electron chi connectivity index (χ0n) is 11.4. The number of nitrogens with zero attached hydrogens (tertiary/aromatic N) is 3. The Balaban J connectivity index is 2.00. The molecule has 0 spiro atoms. The second kappa shape index (κ2) is 6.51. The number of rotatable bonds is 5. The molecule has 21 heavy (non-hydrogen) atoms. The van der Waals surface area contributed by atoms with Gasteiger partial charge in [0.15, 0.2) is 0 Å². The van der Waals surface area contributed by atoms with E-state index >= 15 is 0 Å². The Labute approximate surface area is 120 Å². The first-order chi connectivity index (χ1) is 10.1. The third-order valence-corrected chi connectivity index (χ3v) is 2.52. The number of nitrogens with one attached hydrogen (secondary N) is 1. The van der Waals surface area contributed by atoms with E-state index in [9.17, 15) is 9.59 Å². The lowest BCUT2D eigenvalue weighted by Crippen LogP contribution is -2.19. The van der Waals surface area contributed by atoms with Crippen LogP contribution in [0, 0.1) is 0 Å². The summed E-state index contributed by atoms with van der Waals surface area (Å²) in [5, 5.41) is 6.47. The SMILES string of the molecule is CCOC(=O)c1cccc(NC(=O)Cn2cnc(N)n2)c1. The summed E-state index contributed by atoms with van der Waals surface area (Å²) < 4.78 is 6.22. The largest absolute Gasteiger partial charge is 0.462 e. The van der Waals surface area contributed by atoms with Gasteiger partial charge in [-0.1, -0.05) is 6.07 Å². The maximum Gasteiger partial charge on any atom is 0.338 e. The van der Waals surface area contributed by atoms with Crippen LogP contribution in [0.15, 0.2) is 30.6 Å². The quantitative estimate of drug-likeness (QED) is 0.782. The van der Waals surface area contributed by atoms with Crippen LogP contribution >= 0.6 is 0 Å². The van der Waals surface area contributed by atoms with Crippen molar-refractivity contribution in [3.05, 3.63) is 36.2 Å². The molecule has 2 aromatic rings. The number of carbonyl (C=O) groups is 2. The molecular formula is C13H15N5O3. The maximum atomic E-state index is 11.8. The Morgan fingerprint density at radius 2 is 2.24 bits per heavy atom. The van der Waals surface area contributed by atoms with Crippen LogP contribution in [0.1, 0.15) is 17.3 Å². The topological polar surface area (TPSA) is 112 Å². The Bertz CT molecular complexity index is 653. The molecule has 0 fully saturated rings. The molecule has 1 aromatic carbocycles. The van der Waals surface area contributed by atoms with E-state index in [4.69, 9.17) is 10.5 Å². The maximum absolute atomic E-state index is 11.8. The van der Waals surface area contributed by atoms with Gasteiger partial charge < -0.3 is 15.8 Å². The van der Waals surface area contributed by atoms with E-state index in [1.807, 2.05) is 0 Å². The van der Waals surface area contributed by atoms with Crippen molar-refractivity contribution < 1.29 is 14.3 Å². The van der Waals surface area contributed by atoms with Crippen LogP contribution in [0.4, 0.5) is 11.6 Å². The first-order valence-corrected chi connectivity index (χ1v) is 6.30. The molecule has 1 aromatic heterocycles. The van der Waals surface area contributed by atoms with Gasteiger partial charge in [-0.2, -0.15) is 0 Å². The molecule has 8 nitrogen and oxygen atoms in total. The number of anilines is 2. The summed E-state index contributed by atoms with van der Waals surface area (Å²) in [5.74, 6) is -0.634. The van der Waals surface area contributed by atoms with Gasteiger partial charge >= 0.3 is 5.97 Å². The number of nitrogen functional groups attached to an aromatic ring is 1. The van der Waals surface area contributed by atoms with Crippen molar-refractivity contribution in [3.63, 3.8) is 0 Å². The fourth-order valence-electron chi connectivity index (χ4n) is 1.67. The number of amides is 1. The smallest absolute Gasteiger partial charge is 0.338 e. The number of hydrogen-bond acceptors (Lipinski definition) is 6. The molecule has 0 bridgehead atoms. The number of benzene rings is 1. The van der Waals surface area contributed by atoms with E-state index in [0.29, 0.717) is 17.9 Å². The Kier molecular flexibility index (Phi) is 4.50. The average Bonchev–Trinajstić information content (AvgIpc) is 2.84. The van der Waals surface area contributed by atoms with Gasteiger partial charge in [0.25, 0.3) is 0 Å². The van der Waals surface area contributed by atoms with Crippen LogP contribution < -0.4 is 11.1 Å². The average molecular weight is 289 g/mol. The highest BCUT2D eigenvalue weighted by atomic mass is 16.5. The molecule has 0 aliphatic carbocycles. The second-order valence-corrected chi connectivity index (χ2v) is 4.15. The lowest BCUT2D eigenvalue weighted by Gasteiger charge is -2.07. The van der Waals surface area contributed by atoms with Gasteiger partial charge in [-0.05, 0) is 25.1 Å². The molecule has 2 rings (SSSR count). The molecule has 0 radical (unpaired) electrons. The van der Waals surface area contributed by atoms with Crippen molar-refractivity contribution in [3.8, 4) is 0 Å². The van der Waals surface area contributed by atoms with Crippen LogP contribution in [0.3, 0.4) is 0 Å². The number of ether oxygens (including phenoxy) is 1. The fourth-order valence-corrected chi connectivity index (χ4v) is 1.67. The van der Waals surface area contributed by atoms with Crippen LogP contribution in [-0.2, 0) is 16.1 Å². The van der Waals surface area contributed by atoms with Crippen LogP contribution in [-0.4, -0.2) is 33.2 Å². The molecule has 1 heterocycles. The summed E-state index contributed by atoms with van der Waals surface area (Å²) in [7, 11) is 0. The first-order valence-electron chi connectivity index (χ1n) is 6.30. The van der Waals surface area contributed by atoms with Crippen molar-refractivity contribution >= 4 is 23.5 Å². The van der Waals surface area contributed by atoms with Crippen molar-refractivity contribution in [1.82, 2.24) is 14.8 Å². The van der Waals surface area contributed by atoms with Crippen molar-refractivity contribution in [2.24, 2.45) is 0 Å². The number of carbonyl (C=O) groups excluding carboxylic acids is 2. The fraction of sp³-hybridized carbons (Fsp3) is 0.231.